The van der Waals surface area contributed by atoms with Crippen LogP contribution in [-0.4, -0.2) is 47.8 Å². The third kappa shape index (κ3) is 8.10. The molecule has 0 saturated carbocycles. The molecular weight excluding hydrogens is 542 g/mol. The van der Waals surface area contributed by atoms with E-state index in [-0.39, 0.29) is 28.6 Å². The van der Waals surface area contributed by atoms with Crippen molar-refractivity contribution in [2.75, 3.05) is 21.8 Å². The third-order valence-electron chi connectivity index (χ3n) is 4.16. The van der Waals surface area contributed by atoms with Crippen molar-refractivity contribution in [3.05, 3.63) is 54.5 Å². The number of nitrogens with one attached hydrogen (secondary N) is 3. The van der Waals surface area contributed by atoms with Gasteiger partial charge in [-0.2, -0.15) is 35.6 Å². The zero-order chi connectivity index (χ0) is 27.4. The standard InChI is InChI=1S/C18H16F2N8O7S2/c19-15-7-16(26-17(20)25-15)23-10-2-4-14(37(33,34)35)13(6-10)28-27-11-3-1-9(22-8-36(30,31)32)5-12(11)24-18(21)29/h1-7,22H,8H2,(H3,21,24,29)(H,23,25,26)(H,30,31,32)(H,33,34,35). The van der Waals surface area contributed by atoms with Gasteiger partial charge in [0.15, 0.2) is 0 Å². The molecule has 0 radical (unpaired) electrons. The van der Waals surface area contributed by atoms with Gasteiger partial charge in [0.05, 0.1) is 5.69 Å². The summed E-state index contributed by atoms with van der Waals surface area (Å²) >= 11 is 0. The van der Waals surface area contributed by atoms with Gasteiger partial charge in [-0.1, -0.05) is 0 Å². The summed E-state index contributed by atoms with van der Waals surface area (Å²) in [5.41, 5.74) is 4.68. The lowest BCUT2D eigenvalue weighted by atomic mass is 10.2. The van der Waals surface area contributed by atoms with Crippen LogP contribution in [-0.2, 0) is 20.2 Å². The molecule has 37 heavy (non-hydrogen) atoms. The highest BCUT2D eigenvalue weighted by Gasteiger charge is 2.17. The molecule has 0 saturated heterocycles. The van der Waals surface area contributed by atoms with Crippen LogP contribution in [0, 0.1) is 12.0 Å². The molecule has 19 heteroatoms. The molecule has 196 valence electrons. The summed E-state index contributed by atoms with van der Waals surface area (Å²) in [6.45, 7) is 0. The van der Waals surface area contributed by atoms with Crippen LogP contribution < -0.4 is 21.7 Å². The molecule has 2 aromatic carbocycles. The Morgan fingerprint density at radius 1 is 0.946 bits per heavy atom. The summed E-state index contributed by atoms with van der Waals surface area (Å²) in [5.74, 6) is -2.33. The second kappa shape index (κ2) is 10.7. The van der Waals surface area contributed by atoms with E-state index in [9.17, 15) is 35.0 Å². The van der Waals surface area contributed by atoms with Crippen molar-refractivity contribution >= 4 is 60.5 Å². The highest BCUT2D eigenvalue weighted by atomic mass is 32.2. The van der Waals surface area contributed by atoms with Gasteiger partial charge in [0.25, 0.3) is 20.2 Å². The minimum absolute atomic E-state index is 0.0408. The Labute approximate surface area is 207 Å². The van der Waals surface area contributed by atoms with Gasteiger partial charge in [-0.15, -0.1) is 10.2 Å². The Morgan fingerprint density at radius 2 is 1.62 bits per heavy atom. The molecule has 3 aromatic rings. The number of rotatable bonds is 9. The fraction of sp³-hybridized carbons (Fsp3) is 0.0556. The number of halogens is 2. The predicted molar refractivity (Wildman–Crippen MR) is 125 cm³/mol. The van der Waals surface area contributed by atoms with Crippen LogP contribution in [0.1, 0.15) is 0 Å². The van der Waals surface area contributed by atoms with Crippen molar-refractivity contribution in [2.24, 2.45) is 16.0 Å². The third-order valence-corrected chi connectivity index (χ3v) is 5.57. The van der Waals surface area contributed by atoms with E-state index < -0.39 is 54.8 Å². The average molecular weight is 559 g/mol. The molecule has 0 aliphatic carbocycles. The maximum atomic E-state index is 13.3. The average Bonchev–Trinajstić information content (AvgIpc) is 2.75. The first-order valence-corrected chi connectivity index (χ1v) is 12.6. The van der Waals surface area contributed by atoms with Crippen LogP contribution in [0.2, 0.25) is 0 Å². The van der Waals surface area contributed by atoms with Crippen molar-refractivity contribution < 1.29 is 39.5 Å². The lowest BCUT2D eigenvalue weighted by Crippen LogP contribution is -2.19. The number of primary amides is 1. The van der Waals surface area contributed by atoms with Gasteiger partial charge in [-0.3, -0.25) is 9.11 Å². The van der Waals surface area contributed by atoms with Gasteiger partial charge < -0.3 is 21.7 Å². The molecule has 0 spiro atoms. The molecule has 2 amide bonds. The molecule has 0 aliphatic rings. The van der Waals surface area contributed by atoms with E-state index in [0.717, 1.165) is 24.3 Å². The largest absolute Gasteiger partial charge is 0.370 e. The first-order chi connectivity index (χ1) is 17.2. The van der Waals surface area contributed by atoms with Crippen molar-refractivity contribution in [3.8, 4) is 0 Å². The highest BCUT2D eigenvalue weighted by Crippen LogP contribution is 2.34. The Kier molecular flexibility index (Phi) is 7.91. The summed E-state index contributed by atoms with van der Waals surface area (Å²) in [4.78, 5) is 16.9. The molecular formula is C18H16F2N8O7S2. The number of carbonyl (C=O) groups excluding carboxylic acids is 1. The summed E-state index contributed by atoms with van der Waals surface area (Å²) in [6.07, 6.45) is -1.36. The Bertz CT molecular complexity index is 1580. The van der Waals surface area contributed by atoms with Crippen LogP contribution in [0.5, 0.6) is 0 Å². The SMILES string of the molecule is NC(=O)Nc1cc(NCS(=O)(=O)O)ccc1N=Nc1cc(Nc2cc(F)nc(F)n2)ccc1S(=O)(=O)O. The van der Waals surface area contributed by atoms with Crippen molar-refractivity contribution in [2.45, 2.75) is 4.90 Å². The first-order valence-electron chi connectivity index (χ1n) is 9.59. The quantitative estimate of drug-likeness (QED) is 0.0965. The smallest absolute Gasteiger partial charge is 0.316 e. The van der Waals surface area contributed by atoms with Gasteiger partial charge in [-0.05, 0) is 36.4 Å². The van der Waals surface area contributed by atoms with Crippen molar-refractivity contribution in [1.82, 2.24) is 9.97 Å². The summed E-state index contributed by atoms with van der Waals surface area (Å²) in [5, 5.41) is 14.7. The van der Waals surface area contributed by atoms with Gasteiger partial charge in [-0.25, -0.2) is 4.79 Å². The first kappa shape index (κ1) is 27.3. The number of hydrogen-bond acceptors (Lipinski definition) is 11. The highest BCUT2D eigenvalue weighted by molar-refractivity contribution is 7.86. The number of anilines is 4. The topological polar surface area (TPSA) is 238 Å². The Morgan fingerprint density at radius 3 is 2.24 bits per heavy atom. The summed E-state index contributed by atoms with van der Waals surface area (Å²) < 4.78 is 90.5. The molecule has 15 nitrogen and oxygen atoms in total. The summed E-state index contributed by atoms with van der Waals surface area (Å²) in [6, 6.07) is 6.62. The molecule has 0 unspecified atom stereocenters. The van der Waals surface area contributed by atoms with E-state index in [2.05, 4.69) is 36.1 Å². The van der Waals surface area contributed by atoms with E-state index in [0.29, 0.717) is 0 Å². The van der Waals surface area contributed by atoms with Crippen LogP contribution in [0.15, 0.2) is 57.6 Å². The summed E-state index contributed by atoms with van der Waals surface area (Å²) in [7, 11) is -9.17. The fourth-order valence-corrected chi connectivity index (χ4v) is 3.69. The number of carbonyl (C=O) groups is 1. The number of nitrogens with two attached hydrogens (primary N) is 1. The van der Waals surface area contributed by atoms with E-state index in [4.69, 9.17) is 10.3 Å². The van der Waals surface area contributed by atoms with E-state index in [1.807, 2.05) is 0 Å². The fourth-order valence-electron chi connectivity index (χ4n) is 2.74. The van der Waals surface area contributed by atoms with Crippen LogP contribution >= 0.6 is 0 Å². The van der Waals surface area contributed by atoms with E-state index >= 15 is 0 Å². The Balaban J connectivity index is 2.00. The minimum atomic E-state index is -4.81. The second-order valence-corrected chi connectivity index (χ2v) is 9.79. The molecule has 0 bridgehead atoms. The number of nitrogens with zero attached hydrogens (tertiary/aromatic N) is 4. The number of azo groups is 1. The normalized spacial score (nSPS) is 11.9. The zero-order valence-corrected chi connectivity index (χ0v) is 19.8. The van der Waals surface area contributed by atoms with Gasteiger partial charge >= 0.3 is 12.1 Å². The number of benzene rings is 2. The van der Waals surface area contributed by atoms with Crippen LogP contribution in [0.4, 0.5) is 47.8 Å². The van der Waals surface area contributed by atoms with E-state index in [1.54, 1.807) is 0 Å². The maximum Gasteiger partial charge on any atom is 0.316 e. The molecule has 3 rings (SSSR count). The monoisotopic (exact) mass is 558 g/mol. The van der Waals surface area contributed by atoms with Gasteiger partial charge in [0.2, 0.25) is 5.95 Å². The number of amides is 2. The van der Waals surface area contributed by atoms with Crippen LogP contribution in [0.3, 0.4) is 0 Å². The van der Waals surface area contributed by atoms with Gasteiger partial charge in [0, 0.05) is 17.4 Å². The lowest BCUT2D eigenvalue weighted by Gasteiger charge is -2.10. The van der Waals surface area contributed by atoms with Crippen molar-refractivity contribution in [1.29, 1.82) is 0 Å². The minimum Gasteiger partial charge on any atom is -0.370 e. The molecule has 0 fully saturated rings. The molecule has 0 aliphatic heterocycles. The molecule has 7 N–H and O–H groups in total. The number of aromatic nitrogens is 2. The predicted octanol–water partition coefficient (Wildman–Crippen LogP) is 2.91. The maximum absolute atomic E-state index is 13.3. The van der Waals surface area contributed by atoms with Crippen LogP contribution in [0.25, 0.3) is 0 Å². The lowest BCUT2D eigenvalue weighted by molar-refractivity contribution is 0.259. The zero-order valence-electron chi connectivity index (χ0n) is 18.1. The Hall–Kier alpha value is -4.33. The van der Waals surface area contributed by atoms with Gasteiger partial charge in [0.1, 0.15) is 28.0 Å². The molecule has 0 atom stereocenters. The number of hydrogen-bond donors (Lipinski definition) is 6. The number of urea groups is 1. The molecule has 1 heterocycles. The molecule has 1 aromatic heterocycles. The van der Waals surface area contributed by atoms with Crippen molar-refractivity contribution in [3.63, 3.8) is 0 Å². The van der Waals surface area contributed by atoms with E-state index in [1.165, 1.54) is 18.2 Å². The second-order valence-electron chi connectivity index (χ2n) is 6.95.